The van der Waals surface area contributed by atoms with E-state index >= 15 is 0 Å². The molecule has 0 heterocycles. The van der Waals surface area contributed by atoms with Crippen molar-refractivity contribution in [1.29, 1.82) is 0 Å². The standard InChI is InChI=1S/C16H16BrClO3/c1-19-14-5-3-11(9-17)16(8-14)21-10-12-7-13(18)4-6-15(12)20-2/h3-8H,9-10H2,1-2H3. The maximum Gasteiger partial charge on any atom is 0.127 e. The Kier molecular flexibility index (Phi) is 5.76. The topological polar surface area (TPSA) is 27.7 Å². The van der Waals surface area contributed by atoms with E-state index in [0.29, 0.717) is 17.0 Å². The molecule has 2 aromatic rings. The van der Waals surface area contributed by atoms with Crippen LogP contribution in [0.3, 0.4) is 0 Å². The lowest BCUT2D eigenvalue weighted by Crippen LogP contribution is -2.01. The summed E-state index contributed by atoms with van der Waals surface area (Å²) in [6.07, 6.45) is 0. The fourth-order valence-electron chi connectivity index (χ4n) is 1.92. The van der Waals surface area contributed by atoms with Gasteiger partial charge in [0.05, 0.1) is 14.2 Å². The molecule has 0 fully saturated rings. The quantitative estimate of drug-likeness (QED) is 0.681. The van der Waals surface area contributed by atoms with Crippen molar-refractivity contribution in [2.45, 2.75) is 11.9 Å². The van der Waals surface area contributed by atoms with Crippen LogP contribution >= 0.6 is 27.5 Å². The summed E-state index contributed by atoms with van der Waals surface area (Å²) in [6, 6.07) is 11.2. The van der Waals surface area contributed by atoms with Crippen LogP contribution in [0.1, 0.15) is 11.1 Å². The molecule has 0 atom stereocenters. The van der Waals surface area contributed by atoms with Gasteiger partial charge in [0.2, 0.25) is 0 Å². The van der Waals surface area contributed by atoms with Crippen LogP contribution in [0.2, 0.25) is 5.02 Å². The smallest absolute Gasteiger partial charge is 0.127 e. The van der Waals surface area contributed by atoms with Gasteiger partial charge in [0.1, 0.15) is 23.9 Å². The molecule has 0 bridgehead atoms. The third-order valence-electron chi connectivity index (χ3n) is 3.04. The van der Waals surface area contributed by atoms with Gasteiger partial charge in [0.25, 0.3) is 0 Å². The molecule has 0 unspecified atom stereocenters. The van der Waals surface area contributed by atoms with Crippen LogP contribution in [0, 0.1) is 0 Å². The molecule has 5 heteroatoms. The van der Waals surface area contributed by atoms with E-state index in [1.807, 2.05) is 30.3 Å². The number of halogens is 2. The Bertz CT molecular complexity index is 616. The van der Waals surface area contributed by atoms with Crippen LogP contribution in [0.5, 0.6) is 17.2 Å². The highest BCUT2D eigenvalue weighted by Crippen LogP contribution is 2.29. The van der Waals surface area contributed by atoms with Gasteiger partial charge in [-0.25, -0.2) is 0 Å². The minimum atomic E-state index is 0.372. The first-order valence-electron chi connectivity index (χ1n) is 6.36. The molecule has 0 saturated heterocycles. The van der Waals surface area contributed by atoms with Crippen molar-refractivity contribution in [3.05, 3.63) is 52.5 Å². The highest BCUT2D eigenvalue weighted by atomic mass is 79.9. The second-order valence-electron chi connectivity index (χ2n) is 4.35. The molecule has 0 amide bonds. The van der Waals surface area contributed by atoms with E-state index in [4.69, 9.17) is 25.8 Å². The molecule has 0 aliphatic heterocycles. The normalized spacial score (nSPS) is 10.3. The lowest BCUT2D eigenvalue weighted by atomic mass is 10.2. The third-order valence-corrected chi connectivity index (χ3v) is 3.88. The molecule has 0 aliphatic rings. The van der Waals surface area contributed by atoms with Gasteiger partial charge in [-0.2, -0.15) is 0 Å². The van der Waals surface area contributed by atoms with Crippen molar-refractivity contribution in [3.63, 3.8) is 0 Å². The summed E-state index contributed by atoms with van der Waals surface area (Å²) in [4.78, 5) is 0. The first-order valence-corrected chi connectivity index (χ1v) is 7.86. The fraction of sp³-hybridized carbons (Fsp3) is 0.250. The number of hydrogen-bond donors (Lipinski definition) is 0. The summed E-state index contributed by atoms with van der Waals surface area (Å²) in [7, 11) is 3.26. The Labute approximate surface area is 137 Å². The van der Waals surface area contributed by atoms with Crippen molar-refractivity contribution in [2.24, 2.45) is 0 Å². The molecular formula is C16H16BrClO3. The van der Waals surface area contributed by atoms with Crippen LogP contribution in [-0.2, 0) is 11.9 Å². The van der Waals surface area contributed by atoms with E-state index in [1.54, 1.807) is 20.3 Å². The van der Waals surface area contributed by atoms with Gasteiger partial charge < -0.3 is 14.2 Å². The van der Waals surface area contributed by atoms with Crippen molar-refractivity contribution in [3.8, 4) is 17.2 Å². The zero-order valence-electron chi connectivity index (χ0n) is 11.9. The first-order chi connectivity index (χ1) is 10.2. The maximum absolute atomic E-state index is 6.02. The molecule has 2 aromatic carbocycles. The molecule has 0 aliphatic carbocycles. The van der Waals surface area contributed by atoms with E-state index < -0.39 is 0 Å². The predicted octanol–water partition coefficient (Wildman–Crippen LogP) is 4.83. The molecule has 0 spiro atoms. The van der Waals surface area contributed by atoms with Crippen molar-refractivity contribution in [2.75, 3.05) is 14.2 Å². The molecule has 0 aromatic heterocycles. The van der Waals surface area contributed by atoms with Crippen LogP contribution in [-0.4, -0.2) is 14.2 Å². The third kappa shape index (κ3) is 4.05. The molecule has 0 N–H and O–H groups in total. The van der Waals surface area contributed by atoms with Crippen molar-refractivity contribution in [1.82, 2.24) is 0 Å². The van der Waals surface area contributed by atoms with Crippen LogP contribution in [0.25, 0.3) is 0 Å². The highest BCUT2D eigenvalue weighted by molar-refractivity contribution is 9.08. The number of alkyl halides is 1. The van der Waals surface area contributed by atoms with E-state index in [0.717, 1.165) is 28.4 Å². The van der Waals surface area contributed by atoms with Gasteiger partial charge in [-0.05, 0) is 24.3 Å². The highest BCUT2D eigenvalue weighted by Gasteiger charge is 2.08. The average Bonchev–Trinajstić information content (AvgIpc) is 2.52. The lowest BCUT2D eigenvalue weighted by Gasteiger charge is -2.14. The Morgan fingerprint density at radius 3 is 2.43 bits per heavy atom. The molecule has 0 saturated carbocycles. The van der Waals surface area contributed by atoms with Gasteiger partial charge in [-0.1, -0.05) is 33.6 Å². The Morgan fingerprint density at radius 2 is 1.76 bits per heavy atom. The van der Waals surface area contributed by atoms with Crippen LogP contribution < -0.4 is 14.2 Å². The van der Waals surface area contributed by atoms with Gasteiger partial charge in [-0.15, -0.1) is 0 Å². The Balaban J connectivity index is 2.21. The minimum absolute atomic E-state index is 0.372. The summed E-state index contributed by atoms with van der Waals surface area (Å²) in [5.41, 5.74) is 1.95. The molecule has 21 heavy (non-hydrogen) atoms. The SMILES string of the molecule is COc1ccc(CBr)c(OCc2cc(Cl)ccc2OC)c1. The summed E-state index contributed by atoms with van der Waals surface area (Å²) in [5, 5.41) is 1.36. The number of benzene rings is 2. The largest absolute Gasteiger partial charge is 0.497 e. The van der Waals surface area contributed by atoms with Crippen molar-refractivity contribution >= 4 is 27.5 Å². The van der Waals surface area contributed by atoms with Gasteiger partial charge >= 0.3 is 0 Å². The second-order valence-corrected chi connectivity index (χ2v) is 5.35. The lowest BCUT2D eigenvalue weighted by molar-refractivity contribution is 0.292. The van der Waals surface area contributed by atoms with E-state index in [-0.39, 0.29) is 0 Å². The molecule has 0 radical (unpaired) electrons. The Morgan fingerprint density at radius 1 is 0.952 bits per heavy atom. The van der Waals surface area contributed by atoms with Crippen molar-refractivity contribution < 1.29 is 14.2 Å². The van der Waals surface area contributed by atoms with Crippen LogP contribution in [0.15, 0.2) is 36.4 Å². The van der Waals surface area contributed by atoms with Gasteiger partial charge in [0.15, 0.2) is 0 Å². The predicted molar refractivity (Wildman–Crippen MR) is 88.0 cm³/mol. The summed E-state index contributed by atoms with van der Waals surface area (Å²) in [6.45, 7) is 0.372. The number of hydrogen-bond acceptors (Lipinski definition) is 3. The first kappa shape index (κ1) is 16.0. The minimum Gasteiger partial charge on any atom is -0.497 e. The molecule has 2 rings (SSSR count). The monoisotopic (exact) mass is 370 g/mol. The molecule has 112 valence electrons. The van der Waals surface area contributed by atoms with E-state index in [9.17, 15) is 0 Å². The van der Waals surface area contributed by atoms with E-state index in [1.165, 1.54) is 0 Å². The fourth-order valence-corrected chi connectivity index (χ4v) is 2.58. The van der Waals surface area contributed by atoms with Gasteiger partial charge in [0, 0.05) is 27.5 Å². The zero-order valence-corrected chi connectivity index (χ0v) is 14.2. The average molecular weight is 372 g/mol. The second kappa shape index (κ2) is 7.57. The summed E-state index contributed by atoms with van der Waals surface area (Å²) in [5.74, 6) is 2.28. The molecule has 3 nitrogen and oxygen atoms in total. The Hall–Kier alpha value is -1.39. The molecular weight excluding hydrogens is 356 g/mol. The zero-order chi connectivity index (χ0) is 15.2. The van der Waals surface area contributed by atoms with Crippen LogP contribution in [0.4, 0.5) is 0 Å². The number of methoxy groups -OCH3 is 2. The summed E-state index contributed by atoms with van der Waals surface area (Å²) >= 11 is 9.48. The summed E-state index contributed by atoms with van der Waals surface area (Å²) < 4.78 is 16.5. The van der Waals surface area contributed by atoms with E-state index in [2.05, 4.69) is 15.9 Å². The number of rotatable bonds is 6. The van der Waals surface area contributed by atoms with Gasteiger partial charge in [-0.3, -0.25) is 0 Å². The number of ether oxygens (including phenoxy) is 3. The maximum atomic E-state index is 6.02.